The van der Waals surface area contributed by atoms with Gasteiger partial charge in [-0.05, 0) is 25.7 Å². The molecule has 0 bridgehead atoms. The normalized spacial score (nSPS) is 25.4. The smallest absolute Gasteiger partial charge is 0.202 e. The molecular formula is C14H23N3O. The van der Waals surface area contributed by atoms with E-state index in [0.717, 1.165) is 25.7 Å². The van der Waals surface area contributed by atoms with Crippen molar-refractivity contribution in [3.63, 3.8) is 0 Å². The third-order valence-corrected chi connectivity index (χ3v) is 4.11. The molecule has 1 N–H and O–H groups in total. The Morgan fingerprint density at radius 1 is 1.28 bits per heavy atom. The molecule has 1 saturated carbocycles. The Labute approximate surface area is 109 Å². The SMILES string of the molecule is c1cn(CC2CCCOC2)c(NC2CCCC2)n1. The van der Waals surface area contributed by atoms with E-state index in [1.54, 1.807) is 0 Å². The van der Waals surface area contributed by atoms with Gasteiger partial charge >= 0.3 is 0 Å². The first-order valence-corrected chi connectivity index (χ1v) is 7.27. The Kier molecular flexibility index (Phi) is 3.84. The summed E-state index contributed by atoms with van der Waals surface area (Å²) in [5, 5.41) is 3.59. The van der Waals surface area contributed by atoms with Gasteiger partial charge in [-0.3, -0.25) is 0 Å². The summed E-state index contributed by atoms with van der Waals surface area (Å²) in [6.07, 6.45) is 11.8. The van der Waals surface area contributed by atoms with E-state index in [2.05, 4.69) is 21.1 Å². The topological polar surface area (TPSA) is 39.1 Å². The zero-order valence-corrected chi connectivity index (χ0v) is 11.0. The van der Waals surface area contributed by atoms with Crippen molar-refractivity contribution in [2.24, 2.45) is 5.92 Å². The summed E-state index contributed by atoms with van der Waals surface area (Å²) in [7, 11) is 0. The lowest BCUT2D eigenvalue weighted by atomic mass is 10.0. The van der Waals surface area contributed by atoms with Crippen LogP contribution in [0.15, 0.2) is 12.4 Å². The van der Waals surface area contributed by atoms with Crippen molar-refractivity contribution in [3.05, 3.63) is 12.4 Å². The molecule has 1 aliphatic carbocycles. The maximum absolute atomic E-state index is 5.55. The number of rotatable bonds is 4. The Bertz CT molecular complexity index is 365. The summed E-state index contributed by atoms with van der Waals surface area (Å²) < 4.78 is 7.81. The highest BCUT2D eigenvalue weighted by Crippen LogP contribution is 2.23. The molecule has 1 unspecified atom stereocenters. The highest BCUT2D eigenvalue weighted by molar-refractivity contribution is 5.28. The fourth-order valence-electron chi connectivity index (χ4n) is 3.08. The molecule has 4 heteroatoms. The van der Waals surface area contributed by atoms with E-state index in [1.807, 2.05) is 6.20 Å². The molecule has 0 radical (unpaired) electrons. The number of hydrogen-bond acceptors (Lipinski definition) is 3. The minimum atomic E-state index is 0.633. The van der Waals surface area contributed by atoms with Crippen LogP contribution < -0.4 is 5.32 Å². The van der Waals surface area contributed by atoms with Gasteiger partial charge in [0.1, 0.15) is 0 Å². The predicted octanol–water partition coefficient (Wildman–Crippen LogP) is 2.66. The van der Waals surface area contributed by atoms with Crippen LogP contribution in [-0.2, 0) is 11.3 Å². The second-order valence-electron chi connectivity index (χ2n) is 5.61. The minimum absolute atomic E-state index is 0.633. The molecule has 1 atom stereocenters. The van der Waals surface area contributed by atoms with Crippen LogP contribution in [0.3, 0.4) is 0 Å². The van der Waals surface area contributed by atoms with Crippen LogP contribution in [0.2, 0.25) is 0 Å². The summed E-state index contributed by atoms with van der Waals surface area (Å²) in [5.41, 5.74) is 0. The summed E-state index contributed by atoms with van der Waals surface area (Å²) >= 11 is 0. The van der Waals surface area contributed by atoms with Crippen LogP contribution in [0.4, 0.5) is 5.95 Å². The van der Waals surface area contributed by atoms with Crippen molar-refractivity contribution >= 4 is 5.95 Å². The lowest BCUT2D eigenvalue weighted by molar-refractivity contribution is 0.0485. The highest BCUT2D eigenvalue weighted by atomic mass is 16.5. The lowest BCUT2D eigenvalue weighted by Crippen LogP contribution is -2.24. The lowest BCUT2D eigenvalue weighted by Gasteiger charge is -2.23. The second kappa shape index (κ2) is 5.74. The zero-order chi connectivity index (χ0) is 12.2. The van der Waals surface area contributed by atoms with Gasteiger partial charge in [-0.2, -0.15) is 0 Å². The molecule has 0 spiro atoms. The molecule has 4 nitrogen and oxygen atoms in total. The van der Waals surface area contributed by atoms with E-state index in [0.29, 0.717) is 12.0 Å². The summed E-state index contributed by atoms with van der Waals surface area (Å²) in [6.45, 7) is 2.88. The molecule has 100 valence electrons. The first kappa shape index (κ1) is 12.0. The van der Waals surface area contributed by atoms with Crippen molar-refractivity contribution in [1.82, 2.24) is 9.55 Å². The summed E-state index contributed by atoms with van der Waals surface area (Å²) in [5.74, 6) is 1.70. The van der Waals surface area contributed by atoms with E-state index in [1.165, 1.54) is 38.5 Å². The van der Waals surface area contributed by atoms with E-state index in [9.17, 15) is 0 Å². The highest BCUT2D eigenvalue weighted by Gasteiger charge is 2.19. The predicted molar refractivity (Wildman–Crippen MR) is 71.6 cm³/mol. The first-order chi connectivity index (χ1) is 8.92. The van der Waals surface area contributed by atoms with Gasteiger partial charge in [-0.25, -0.2) is 4.98 Å². The van der Waals surface area contributed by atoms with E-state index in [-0.39, 0.29) is 0 Å². The average molecular weight is 249 g/mol. The Balaban J connectivity index is 1.59. The number of nitrogens with zero attached hydrogens (tertiary/aromatic N) is 2. The fourth-order valence-corrected chi connectivity index (χ4v) is 3.08. The molecule has 2 fully saturated rings. The van der Waals surface area contributed by atoms with Gasteiger partial charge in [0.25, 0.3) is 0 Å². The number of hydrogen-bond donors (Lipinski definition) is 1. The van der Waals surface area contributed by atoms with Crippen molar-refractivity contribution in [1.29, 1.82) is 0 Å². The molecule has 0 aromatic carbocycles. The summed E-state index contributed by atoms with van der Waals surface area (Å²) in [4.78, 5) is 4.46. The minimum Gasteiger partial charge on any atom is -0.381 e. The molecule has 0 amide bonds. The Hall–Kier alpha value is -1.03. The van der Waals surface area contributed by atoms with E-state index < -0.39 is 0 Å². The number of imidazole rings is 1. The quantitative estimate of drug-likeness (QED) is 0.891. The second-order valence-corrected chi connectivity index (χ2v) is 5.61. The van der Waals surface area contributed by atoms with E-state index in [4.69, 9.17) is 4.74 Å². The van der Waals surface area contributed by atoms with Gasteiger partial charge in [0, 0.05) is 37.5 Å². The average Bonchev–Trinajstić information content (AvgIpc) is 3.04. The van der Waals surface area contributed by atoms with Crippen LogP contribution in [-0.4, -0.2) is 28.8 Å². The molecular weight excluding hydrogens is 226 g/mol. The van der Waals surface area contributed by atoms with Gasteiger partial charge in [0.05, 0.1) is 6.61 Å². The maximum Gasteiger partial charge on any atom is 0.202 e. The first-order valence-electron chi connectivity index (χ1n) is 7.27. The molecule has 18 heavy (non-hydrogen) atoms. The van der Waals surface area contributed by atoms with Gasteiger partial charge in [0.15, 0.2) is 0 Å². The summed E-state index contributed by atoms with van der Waals surface area (Å²) in [6, 6.07) is 0.633. The number of ether oxygens (including phenoxy) is 1. The van der Waals surface area contributed by atoms with Crippen molar-refractivity contribution in [3.8, 4) is 0 Å². The van der Waals surface area contributed by atoms with Gasteiger partial charge in [-0.15, -0.1) is 0 Å². The maximum atomic E-state index is 5.55. The van der Waals surface area contributed by atoms with Crippen molar-refractivity contribution < 1.29 is 4.74 Å². The molecule has 1 saturated heterocycles. The Morgan fingerprint density at radius 2 is 2.17 bits per heavy atom. The van der Waals surface area contributed by atoms with Crippen molar-refractivity contribution in [2.75, 3.05) is 18.5 Å². The Morgan fingerprint density at radius 3 is 2.94 bits per heavy atom. The van der Waals surface area contributed by atoms with E-state index >= 15 is 0 Å². The van der Waals surface area contributed by atoms with Crippen LogP contribution in [0.25, 0.3) is 0 Å². The third-order valence-electron chi connectivity index (χ3n) is 4.11. The van der Waals surface area contributed by atoms with Crippen LogP contribution in [0.1, 0.15) is 38.5 Å². The molecule has 1 aliphatic heterocycles. The van der Waals surface area contributed by atoms with Crippen molar-refractivity contribution in [2.45, 2.75) is 51.1 Å². The third kappa shape index (κ3) is 2.86. The molecule has 2 heterocycles. The van der Waals surface area contributed by atoms with Gasteiger partial charge in [0.2, 0.25) is 5.95 Å². The fraction of sp³-hybridized carbons (Fsp3) is 0.786. The number of nitrogens with one attached hydrogen (secondary N) is 1. The zero-order valence-electron chi connectivity index (χ0n) is 11.0. The monoisotopic (exact) mass is 249 g/mol. The van der Waals surface area contributed by atoms with Crippen LogP contribution >= 0.6 is 0 Å². The largest absolute Gasteiger partial charge is 0.381 e. The molecule has 1 aromatic heterocycles. The molecule has 2 aliphatic rings. The van der Waals surface area contributed by atoms with Gasteiger partial charge < -0.3 is 14.6 Å². The van der Waals surface area contributed by atoms with Crippen LogP contribution in [0.5, 0.6) is 0 Å². The standard InChI is InChI=1S/C14H23N3O/c1-2-6-13(5-1)16-14-15-7-8-17(14)10-12-4-3-9-18-11-12/h7-8,12-13H,1-6,9-11H2,(H,15,16). The molecule has 3 rings (SSSR count). The van der Waals surface area contributed by atoms with Gasteiger partial charge in [-0.1, -0.05) is 12.8 Å². The van der Waals surface area contributed by atoms with Crippen LogP contribution in [0, 0.1) is 5.92 Å². The number of anilines is 1. The number of aromatic nitrogens is 2. The molecule has 1 aromatic rings.